The molecule has 6 nitrogen and oxygen atoms in total. The monoisotopic (exact) mass is 257 g/mol. The summed E-state index contributed by atoms with van der Waals surface area (Å²) in [6.07, 6.45) is -0.391. The Bertz CT molecular complexity index is 554. The van der Waals surface area contributed by atoms with Gasteiger partial charge in [-0.25, -0.2) is 13.2 Å². The number of sulfone groups is 1. The number of carbonyl (C=O) groups is 1. The van der Waals surface area contributed by atoms with Crippen molar-refractivity contribution in [3.63, 3.8) is 0 Å². The third kappa shape index (κ3) is 2.50. The summed E-state index contributed by atoms with van der Waals surface area (Å²) in [5, 5.41) is 8.73. The molecule has 1 saturated heterocycles. The molecule has 2 rings (SSSR count). The van der Waals surface area contributed by atoms with Crippen LogP contribution in [-0.2, 0) is 9.84 Å². The molecular weight excluding hydrogens is 246 g/mol. The topological polar surface area (TPSA) is 107 Å². The van der Waals surface area contributed by atoms with E-state index in [0.29, 0.717) is 5.75 Å². The van der Waals surface area contributed by atoms with Crippen LogP contribution >= 0.6 is 0 Å². The van der Waals surface area contributed by atoms with E-state index in [4.69, 9.17) is 15.6 Å². The van der Waals surface area contributed by atoms with Crippen molar-refractivity contribution in [1.82, 2.24) is 0 Å². The minimum absolute atomic E-state index is 0.0207. The number of rotatable bonds is 3. The van der Waals surface area contributed by atoms with Gasteiger partial charge in [0.2, 0.25) is 0 Å². The molecule has 17 heavy (non-hydrogen) atoms. The first-order valence-electron chi connectivity index (χ1n) is 4.87. The minimum atomic E-state index is -2.95. The average Bonchev–Trinajstić information content (AvgIpc) is 2.17. The van der Waals surface area contributed by atoms with Crippen molar-refractivity contribution >= 4 is 21.5 Å². The Balaban J connectivity index is 2.10. The van der Waals surface area contributed by atoms with Crippen LogP contribution in [0.1, 0.15) is 10.4 Å². The Labute approximate surface area is 97.9 Å². The average molecular weight is 257 g/mol. The molecule has 1 aromatic carbocycles. The summed E-state index contributed by atoms with van der Waals surface area (Å²) < 4.78 is 27.2. The predicted octanol–water partition coefficient (Wildman–Crippen LogP) is 0.143. The summed E-state index contributed by atoms with van der Waals surface area (Å²) >= 11 is 0. The van der Waals surface area contributed by atoms with Gasteiger partial charge in [-0.05, 0) is 18.2 Å². The largest absolute Gasteiger partial charge is 0.486 e. The van der Waals surface area contributed by atoms with E-state index >= 15 is 0 Å². The zero-order chi connectivity index (χ0) is 12.6. The van der Waals surface area contributed by atoms with Crippen LogP contribution in [0.5, 0.6) is 5.75 Å². The molecular formula is C10H11NO5S. The number of anilines is 1. The molecule has 0 amide bonds. The molecule has 0 aliphatic carbocycles. The lowest BCUT2D eigenvalue weighted by molar-refractivity contribution is 0.0697. The summed E-state index contributed by atoms with van der Waals surface area (Å²) in [7, 11) is -2.95. The number of carboxylic acid groups (broad SMARTS) is 1. The predicted molar refractivity (Wildman–Crippen MR) is 60.9 cm³/mol. The van der Waals surface area contributed by atoms with Gasteiger partial charge in [-0.1, -0.05) is 0 Å². The van der Waals surface area contributed by atoms with Gasteiger partial charge in [-0.2, -0.15) is 0 Å². The Morgan fingerprint density at radius 2 is 2.06 bits per heavy atom. The highest BCUT2D eigenvalue weighted by atomic mass is 32.2. The van der Waals surface area contributed by atoms with E-state index in [-0.39, 0.29) is 22.8 Å². The molecule has 1 heterocycles. The lowest BCUT2D eigenvalue weighted by Gasteiger charge is -2.27. The SMILES string of the molecule is Nc1cc(C(=O)O)ccc1OC1CS(=O)(=O)C1. The summed E-state index contributed by atoms with van der Waals surface area (Å²) in [5.41, 5.74) is 5.87. The van der Waals surface area contributed by atoms with Crippen molar-refractivity contribution in [3.8, 4) is 5.75 Å². The van der Waals surface area contributed by atoms with Gasteiger partial charge in [0.05, 0.1) is 22.8 Å². The molecule has 0 unspecified atom stereocenters. The number of aromatic carboxylic acids is 1. The summed E-state index contributed by atoms with van der Waals surface area (Å²) in [6.45, 7) is 0. The molecule has 0 spiro atoms. The van der Waals surface area contributed by atoms with Crippen LogP contribution in [0, 0.1) is 0 Å². The van der Waals surface area contributed by atoms with Crippen LogP contribution in [0.15, 0.2) is 18.2 Å². The second-order valence-electron chi connectivity index (χ2n) is 3.87. The summed E-state index contributed by atoms with van der Waals surface area (Å²) in [4.78, 5) is 10.7. The van der Waals surface area contributed by atoms with Gasteiger partial charge in [0.25, 0.3) is 0 Å². The normalized spacial score (nSPS) is 18.4. The lowest BCUT2D eigenvalue weighted by Crippen LogP contribution is -2.45. The number of benzene rings is 1. The van der Waals surface area contributed by atoms with Crippen molar-refractivity contribution < 1.29 is 23.1 Å². The first-order chi connectivity index (χ1) is 7.87. The third-order valence-electron chi connectivity index (χ3n) is 2.43. The molecule has 7 heteroatoms. The van der Waals surface area contributed by atoms with Crippen LogP contribution < -0.4 is 10.5 Å². The maximum Gasteiger partial charge on any atom is 0.335 e. The number of carboxylic acids is 1. The van der Waals surface area contributed by atoms with Crippen LogP contribution in [-0.4, -0.2) is 37.1 Å². The van der Waals surface area contributed by atoms with Crippen LogP contribution in [0.3, 0.4) is 0 Å². The molecule has 3 N–H and O–H groups in total. The van der Waals surface area contributed by atoms with E-state index in [2.05, 4.69) is 0 Å². The highest BCUT2D eigenvalue weighted by Gasteiger charge is 2.35. The van der Waals surface area contributed by atoms with Crippen molar-refractivity contribution in [2.24, 2.45) is 0 Å². The summed E-state index contributed by atoms with van der Waals surface area (Å²) in [6, 6.07) is 4.08. The highest BCUT2D eigenvalue weighted by molar-refractivity contribution is 7.92. The van der Waals surface area contributed by atoms with Gasteiger partial charge >= 0.3 is 5.97 Å². The zero-order valence-corrected chi connectivity index (χ0v) is 9.61. The second-order valence-corrected chi connectivity index (χ2v) is 6.03. The van der Waals surface area contributed by atoms with Gasteiger partial charge in [-0.3, -0.25) is 0 Å². The van der Waals surface area contributed by atoms with E-state index < -0.39 is 21.9 Å². The van der Waals surface area contributed by atoms with Gasteiger partial charge in [0.15, 0.2) is 9.84 Å². The van der Waals surface area contributed by atoms with E-state index in [0.717, 1.165) is 0 Å². The Morgan fingerprint density at radius 1 is 1.41 bits per heavy atom. The first-order valence-corrected chi connectivity index (χ1v) is 6.69. The van der Waals surface area contributed by atoms with Gasteiger partial charge < -0.3 is 15.6 Å². The molecule has 1 aliphatic rings. The fraction of sp³-hybridized carbons (Fsp3) is 0.300. The Hall–Kier alpha value is -1.76. The lowest BCUT2D eigenvalue weighted by atomic mass is 10.2. The Kier molecular flexibility index (Phi) is 2.70. The molecule has 1 aromatic rings. The standard InChI is InChI=1S/C10H11NO5S/c11-8-3-6(10(12)13)1-2-9(8)16-7-4-17(14,15)5-7/h1-3,7H,4-5,11H2,(H,12,13). The fourth-order valence-corrected chi connectivity index (χ4v) is 2.73. The van der Waals surface area contributed by atoms with Crippen LogP contribution in [0.4, 0.5) is 5.69 Å². The highest BCUT2D eigenvalue weighted by Crippen LogP contribution is 2.26. The number of hydrogen-bond acceptors (Lipinski definition) is 5. The van der Waals surface area contributed by atoms with Gasteiger partial charge in [-0.15, -0.1) is 0 Å². The van der Waals surface area contributed by atoms with Gasteiger partial charge in [0, 0.05) is 0 Å². The second kappa shape index (κ2) is 3.92. The van der Waals surface area contributed by atoms with E-state index in [1.54, 1.807) is 0 Å². The Morgan fingerprint density at radius 3 is 2.53 bits per heavy atom. The molecule has 92 valence electrons. The molecule has 0 aromatic heterocycles. The first kappa shape index (κ1) is 11.7. The van der Waals surface area contributed by atoms with Crippen molar-refractivity contribution in [3.05, 3.63) is 23.8 Å². The molecule has 0 radical (unpaired) electrons. The fourth-order valence-electron chi connectivity index (χ4n) is 1.55. The molecule has 1 aliphatic heterocycles. The van der Waals surface area contributed by atoms with Crippen molar-refractivity contribution in [2.45, 2.75) is 6.10 Å². The van der Waals surface area contributed by atoms with E-state index in [9.17, 15) is 13.2 Å². The molecule has 0 atom stereocenters. The number of nitrogen functional groups attached to an aromatic ring is 1. The number of ether oxygens (including phenoxy) is 1. The molecule has 0 saturated carbocycles. The molecule has 1 fully saturated rings. The smallest absolute Gasteiger partial charge is 0.335 e. The maximum absolute atomic E-state index is 10.9. The molecule has 0 bridgehead atoms. The van der Waals surface area contributed by atoms with Gasteiger partial charge in [0.1, 0.15) is 11.9 Å². The number of nitrogens with two attached hydrogens (primary N) is 1. The van der Waals surface area contributed by atoms with E-state index in [1.807, 2.05) is 0 Å². The minimum Gasteiger partial charge on any atom is -0.486 e. The van der Waals surface area contributed by atoms with Crippen molar-refractivity contribution in [1.29, 1.82) is 0 Å². The zero-order valence-electron chi connectivity index (χ0n) is 8.79. The van der Waals surface area contributed by atoms with Crippen LogP contribution in [0.2, 0.25) is 0 Å². The quantitative estimate of drug-likeness (QED) is 0.746. The summed E-state index contributed by atoms with van der Waals surface area (Å²) in [5.74, 6) is -0.801. The van der Waals surface area contributed by atoms with Crippen molar-refractivity contribution in [2.75, 3.05) is 17.2 Å². The van der Waals surface area contributed by atoms with Crippen LogP contribution in [0.25, 0.3) is 0 Å². The maximum atomic E-state index is 10.9. The third-order valence-corrected chi connectivity index (χ3v) is 4.19. The number of hydrogen-bond donors (Lipinski definition) is 2. The van der Waals surface area contributed by atoms with E-state index in [1.165, 1.54) is 18.2 Å².